The second-order valence-electron chi connectivity index (χ2n) is 6.90. The quantitative estimate of drug-likeness (QED) is 0.221. The third-order valence-corrected chi connectivity index (χ3v) is 4.59. The molecule has 2 rings (SSSR count). The molecule has 0 aliphatic carbocycles. The SMILES string of the molecule is CCCCOCCOC(=O)OC1=C(C)NC(C)=C([N+](=O)[O-])C1c1ccccc1OC(F)F. The third kappa shape index (κ3) is 6.64. The van der Waals surface area contributed by atoms with Crippen molar-refractivity contribution in [3.8, 4) is 5.75 Å². The minimum Gasteiger partial charge on any atom is -0.435 e. The zero-order valence-electron chi connectivity index (χ0n) is 18.1. The summed E-state index contributed by atoms with van der Waals surface area (Å²) < 4.78 is 46.0. The van der Waals surface area contributed by atoms with E-state index in [1.165, 1.54) is 31.2 Å². The molecule has 11 heteroatoms. The van der Waals surface area contributed by atoms with Crippen LogP contribution < -0.4 is 10.1 Å². The highest BCUT2D eigenvalue weighted by molar-refractivity contribution is 5.63. The molecule has 1 aliphatic heterocycles. The molecule has 1 N–H and O–H groups in total. The lowest BCUT2D eigenvalue weighted by Gasteiger charge is -2.27. The molecule has 0 amide bonds. The van der Waals surface area contributed by atoms with Crippen molar-refractivity contribution in [1.29, 1.82) is 0 Å². The van der Waals surface area contributed by atoms with Crippen LogP contribution in [0.3, 0.4) is 0 Å². The van der Waals surface area contributed by atoms with Crippen molar-refractivity contribution in [3.63, 3.8) is 0 Å². The van der Waals surface area contributed by atoms with E-state index in [-0.39, 0.29) is 41.7 Å². The van der Waals surface area contributed by atoms with Crippen molar-refractivity contribution >= 4 is 6.16 Å². The van der Waals surface area contributed by atoms with Crippen LogP contribution in [0.5, 0.6) is 5.75 Å². The van der Waals surface area contributed by atoms with Gasteiger partial charge in [0.15, 0.2) is 0 Å². The molecule has 176 valence electrons. The minimum absolute atomic E-state index is 0.0467. The van der Waals surface area contributed by atoms with E-state index in [1.54, 1.807) is 6.92 Å². The summed E-state index contributed by atoms with van der Waals surface area (Å²) in [6.07, 6.45) is 0.742. The number of nitrogens with one attached hydrogen (secondary N) is 1. The van der Waals surface area contributed by atoms with Gasteiger partial charge in [-0.05, 0) is 26.3 Å². The van der Waals surface area contributed by atoms with Gasteiger partial charge in [0.1, 0.15) is 24.0 Å². The average Bonchev–Trinajstić information content (AvgIpc) is 2.72. The average molecular weight is 456 g/mol. The molecule has 9 nitrogen and oxygen atoms in total. The molecule has 0 saturated heterocycles. The maximum atomic E-state index is 12.9. The largest absolute Gasteiger partial charge is 0.513 e. The minimum atomic E-state index is -3.14. The van der Waals surface area contributed by atoms with E-state index in [9.17, 15) is 23.7 Å². The molecule has 0 fully saturated rings. The number of para-hydroxylation sites is 1. The summed E-state index contributed by atoms with van der Waals surface area (Å²) in [5, 5.41) is 14.6. The summed E-state index contributed by atoms with van der Waals surface area (Å²) in [7, 11) is 0. The van der Waals surface area contributed by atoms with Crippen molar-refractivity contribution in [3.05, 3.63) is 62.8 Å². The third-order valence-electron chi connectivity index (χ3n) is 4.59. The maximum absolute atomic E-state index is 12.9. The maximum Gasteiger partial charge on any atom is 0.513 e. The van der Waals surface area contributed by atoms with Crippen LogP contribution in [0, 0.1) is 10.1 Å². The highest BCUT2D eigenvalue weighted by atomic mass is 19.3. The molecule has 0 bridgehead atoms. The topological polar surface area (TPSA) is 109 Å². The zero-order chi connectivity index (χ0) is 23.7. The number of nitrogens with zero attached hydrogens (tertiary/aromatic N) is 1. The summed E-state index contributed by atoms with van der Waals surface area (Å²) >= 11 is 0. The first kappa shape index (κ1) is 25.1. The van der Waals surface area contributed by atoms with E-state index in [0.29, 0.717) is 12.3 Å². The number of ether oxygens (including phenoxy) is 4. The Morgan fingerprint density at radius 3 is 2.56 bits per heavy atom. The van der Waals surface area contributed by atoms with Crippen molar-refractivity contribution in [2.75, 3.05) is 19.8 Å². The first-order chi connectivity index (χ1) is 15.3. The predicted molar refractivity (Wildman–Crippen MR) is 110 cm³/mol. The number of unbranched alkanes of at least 4 members (excludes halogenated alkanes) is 1. The number of halogens is 2. The van der Waals surface area contributed by atoms with Gasteiger partial charge in [-0.15, -0.1) is 0 Å². The molecule has 0 saturated carbocycles. The van der Waals surface area contributed by atoms with Gasteiger partial charge in [0.2, 0.25) is 0 Å². The second kappa shape index (κ2) is 12.0. The number of benzene rings is 1. The summed E-state index contributed by atoms with van der Waals surface area (Å²) in [5.41, 5.74) is 0.146. The van der Waals surface area contributed by atoms with Crippen LogP contribution in [0.1, 0.15) is 45.1 Å². The summed E-state index contributed by atoms with van der Waals surface area (Å²) in [6.45, 7) is 2.50. The van der Waals surface area contributed by atoms with Crippen molar-refractivity contribution in [1.82, 2.24) is 5.32 Å². The first-order valence-corrected chi connectivity index (χ1v) is 10.0. The van der Waals surface area contributed by atoms with E-state index < -0.39 is 23.6 Å². The molecule has 1 heterocycles. The molecular weight excluding hydrogens is 430 g/mol. The van der Waals surface area contributed by atoms with E-state index in [0.717, 1.165) is 12.8 Å². The van der Waals surface area contributed by atoms with Crippen LogP contribution in [-0.2, 0) is 14.2 Å². The monoisotopic (exact) mass is 456 g/mol. The Balaban J connectivity index is 2.29. The molecule has 1 aromatic rings. The number of allylic oxidation sites excluding steroid dienone is 2. The number of rotatable bonds is 11. The van der Waals surface area contributed by atoms with Gasteiger partial charge in [-0.3, -0.25) is 10.1 Å². The number of hydrogen-bond donors (Lipinski definition) is 1. The van der Waals surface area contributed by atoms with Gasteiger partial charge < -0.3 is 24.3 Å². The molecule has 1 unspecified atom stereocenters. The smallest absolute Gasteiger partial charge is 0.435 e. The number of carbonyl (C=O) groups excluding carboxylic acids is 1. The van der Waals surface area contributed by atoms with Crippen LogP contribution in [0.15, 0.2) is 47.1 Å². The number of dihydropyridines is 1. The number of hydrogen-bond acceptors (Lipinski definition) is 8. The van der Waals surface area contributed by atoms with Crippen molar-refractivity contribution in [2.45, 2.75) is 46.1 Å². The van der Waals surface area contributed by atoms with Gasteiger partial charge in [-0.25, -0.2) is 4.79 Å². The lowest BCUT2D eigenvalue weighted by molar-refractivity contribution is -0.431. The van der Waals surface area contributed by atoms with Crippen molar-refractivity contribution < 1.29 is 37.4 Å². The number of alkyl halides is 2. The number of nitro groups is 1. The summed E-state index contributed by atoms with van der Waals surface area (Å²) in [6, 6.07) is 5.62. The Kier molecular flexibility index (Phi) is 9.39. The lowest BCUT2D eigenvalue weighted by Crippen LogP contribution is -2.30. The summed E-state index contributed by atoms with van der Waals surface area (Å²) in [5.74, 6) is -1.70. The standard InChI is InChI=1S/C21H26F2N2O7/c1-4-5-10-29-11-12-30-21(26)32-19-14(3)24-13(2)18(25(27)28)17(19)15-8-6-7-9-16(15)31-20(22)23/h6-9,17,20,24H,4-5,10-12H2,1-3H3. The van der Waals surface area contributed by atoms with Crippen molar-refractivity contribution in [2.24, 2.45) is 0 Å². The van der Waals surface area contributed by atoms with Gasteiger partial charge in [-0.2, -0.15) is 8.78 Å². The van der Waals surface area contributed by atoms with Crippen LogP contribution in [-0.4, -0.2) is 37.5 Å². The second-order valence-corrected chi connectivity index (χ2v) is 6.90. The molecule has 1 aromatic carbocycles. The van der Waals surface area contributed by atoms with Crippen LogP contribution in [0.25, 0.3) is 0 Å². The Hall–Kier alpha value is -3.21. The van der Waals surface area contributed by atoms with Gasteiger partial charge in [0.25, 0.3) is 5.70 Å². The fourth-order valence-corrected chi connectivity index (χ4v) is 3.20. The molecule has 32 heavy (non-hydrogen) atoms. The van der Waals surface area contributed by atoms with Gasteiger partial charge in [0, 0.05) is 12.2 Å². The Morgan fingerprint density at radius 2 is 1.91 bits per heavy atom. The van der Waals surface area contributed by atoms with E-state index in [4.69, 9.17) is 14.2 Å². The van der Waals surface area contributed by atoms with E-state index >= 15 is 0 Å². The fraction of sp³-hybridized carbons (Fsp3) is 0.476. The fourth-order valence-electron chi connectivity index (χ4n) is 3.20. The molecule has 0 aromatic heterocycles. The highest BCUT2D eigenvalue weighted by Crippen LogP contribution is 2.42. The number of carbonyl (C=O) groups is 1. The lowest BCUT2D eigenvalue weighted by atomic mass is 9.89. The van der Waals surface area contributed by atoms with E-state index in [1.807, 2.05) is 6.92 Å². The molecule has 0 spiro atoms. The van der Waals surface area contributed by atoms with Crippen LogP contribution in [0.2, 0.25) is 0 Å². The zero-order valence-corrected chi connectivity index (χ0v) is 18.1. The molecule has 1 atom stereocenters. The van der Waals surface area contributed by atoms with E-state index in [2.05, 4.69) is 10.1 Å². The van der Waals surface area contributed by atoms with Gasteiger partial charge >= 0.3 is 12.8 Å². The Bertz CT molecular complexity index is 887. The van der Waals surface area contributed by atoms with Gasteiger partial charge in [-0.1, -0.05) is 31.5 Å². The summed E-state index contributed by atoms with van der Waals surface area (Å²) in [4.78, 5) is 23.4. The molecular formula is C21H26F2N2O7. The van der Waals surface area contributed by atoms with Gasteiger partial charge in [0.05, 0.1) is 22.9 Å². The molecule has 1 aliphatic rings. The predicted octanol–water partition coefficient (Wildman–Crippen LogP) is 4.68. The Morgan fingerprint density at radius 1 is 1.19 bits per heavy atom. The first-order valence-electron chi connectivity index (χ1n) is 10.0. The normalized spacial score (nSPS) is 16.1. The van der Waals surface area contributed by atoms with Crippen LogP contribution in [0.4, 0.5) is 13.6 Å². The molecule has 0 radical (unpaired) electrons. The Labute approximate surface area is 184 Å². The highest BCUT2D eigenvalue weighted by Gasteiger charge is 2.41. The van der Waals surface area contributed by atoms with Crippen LogP contribution >= 0.6 is 0 Å².